The van der Waals surface area contributed by atoms with Gasteiger partial charge >= 0.3 is 0 Å². The predicted molar refractivity (Wildman–Crippen MR) is 93.0 cm³/mol. The Balaban J connectivity index is 1.95. The summed E-state index contributed by atoms with van der Waals surface area (Å²) in [5, 5.41) is 6.79. The maximum Gasteiger partial charge on any atom is 0.270 e. The molecular formula is C17H21ClN4O. The summed E-state index contributed by atoms with van der Waals surface area (Å²) in [6, 6.07) is 9.43. The van der Waals surface area contributed by atoms with Gasteiger partial charge in [0.2, 0.25) is 0 Å². The number of hydrogen-bond donors (Lipinski definition) is 2. The molecule has 0 aliphatic carbocycles. The Kier molecular flexibility index (Phi) is 6.35. The van der Waals surface area contributed by atoms with Crippen LogP contribution in [0, 0.1) is 6.92 Å². The Bertz CT molecular complexity index is 658. The van der Waals surface area contributed by atoms with E-state index in [2.05, 4.69) is 20.6 Å². The minimum atomic E-state index is -0.168. The maximum absolute atomic E-state index is 12.0. The van der Waals surface area contributed by atoms with E-state index in [-0.39, 0.29) is 5.91 Å². The molecule has 1 aromatic carbocycles. The normalized spacial score (nSPS) is 10.4. The molecule has 0 saturated heterocycles. The van der Waals surface area contributed by atoms with Gasteiger partial charge in [0, 0.05) is 24.2 Å². The van der Waals surface area contributed by atoms with Crippen LogP contribution in [0.1, 0.15) is 35.2 Å². The summed E-state index contributed by atoms with van der Waals surface area (Å²) >= 11 is 5.87. The molecule has 0 unspecified atom stereocenters. The van der Waals surface area contributed by atoms with E-state index in [0.29, 0.717) is 30.4 Å². The number of aromatic nitrogens is 2. The number of carbonyl (C=O) groups is 1. The van der Waals surface area contributed by atoms with E-state index in [1.54, 1.807) is 13.0 Å². The van der Waals surface area contributed by atoms with Gasteiger partial charge in [-0.15, -0.1) is 0 Å². The van der Waals surface area contributed by atoms with Gasteiger partial charge in [-0.05, 0) is 37.5 Å². The molecule has 0 spiro atoms. The molecule has 2 aromatic rings. The Morgan fingerprint density at radius 2 is 1.91 bits per heavy atom. The van der Waals surface area contributed by atoms with E-state index in [4.69, 9.17) is 11.6 Å². The minimum absolute atomic E-state index is 0.168. The molecule has 0 fully saturated rings. The molecule has 2 rings (SSSR count). The first-order valence-corrected chi connectivity index (χ1v) is 8.08. The molecule has 5 nitrogen and oxygen atoms in total. The van der Waals surface area contributed by atoms with Crippen molar-refractivity contribution in [2.45, 2.75) is 26.7 Å². The highest BCUT2D eigenvalue weighted by atomic mass is 35.5. The van der Waals surface area contributed by atoms with Gasteiger partial charge in [0.1, 0.15) is 17.3 Å². The van der Waals surface area contributed by atoms with Crippen molar-refractivity contribution in [2.24, 2.45) is 0 Å². The van der Waals surface area contributed by atoms with Crippen LogP contribution < -0.4 is 10.6 Å². The van der Waals surface area contributed by atoms with Crippen molar-refractivity contribution in [3.05, 3.63) is 52.4 Å². The molecule has 0 saturated carbocycles. The van der Waals surface area contributed by atoms with Crippen LogP contribution in [0.3, 0.4) is 0 Å². The van der Waals surface area contributed by atoms with Crippen molar-refractivity contribution in [1.29, 1.82) is 0 Å². The third kappa shape index (κ3) is 5.53. The number of rotatable bonds is 7. The predicted octanol–water partition coefficient (Wildman–Crippen LogP) is 3.23. The fourth-order valence-corrected chi connectivity index (χ4v) is 2.22. The molecule has 1 amide bonds. The number of hydrogen-bond acceptors (Lipinski definition) is 4. The van der Waals surface area contributed by atoms with Crippen molar-refractivity contribution in [2.75, 3.05) is 18.4 Å². The van der Waals surface area contributed by atoms with Crippen molar-refractivity contribution < 1.29 is 4.79 Å². The number of aryl methyl sites for hydroxylation is 1. The zero-order chi connectivity index (χ0) is 16.7. The molecule has 23 heavy (non-hydrogen) atoms. The fraction of sp³-hybridized carbons (Fsp3) is 0.353. The molecule has 122 valence electrons. The van der Waals surface area contributed by atoms with Crippen molar-refractivity contribution in [1.82, 2.24) is 15.3 Å². The SMILES string of the molecule is CCCNC(=O)c1cc(NCCc2ccc(Cl)cc2)nc(C)n1. The summed E-state index contributed by atoms with van der Waals surface area (Å²) in [6.07, 6.45) is 1.74. The molecule has 0 aliphatic rings. The van der Waals surface area contributed by atoms with Crippen LogP contribution in [-0.4, -0.2) is 29.0 Å². The summed E-state index contributed by atoms with van der Waals surface area (Å²) in [5.74, 6) is 1.06. The highest BCUT2D eigenvalue weighted by Gasteiger charge is 2.09. The quantitative estimate of drug-likeness (QED) is 0.817. The van der Waals surface area contributed by atoms with E-state index >= 15 is 0 Å². The van der Waals surface area contributed by atoms with Crippen LogP contribution in [0.2, 0.25) is 5.02 Å². The fourth-order valence-electron chi connectivity index (χ4n) is 2.09. The third-order valence-electron chi connectivity index (χ3n) is 3.24. The summed E-state index contributed by atoms with van der Waals surface area (Å²) < 4.78 is 0. The third-order valence-corrected chi connectivity index (χ3v) is 3.49. The first kappa shape index (κ1) is 17.2. The van der Waals surface area contributed by atoms with Gasteiger partial charge in [-0.3, -0.25) is 4.79 Å². The van der Waals surface area contributed by atoms with Gasteiger partial charge in [0.25, 0.3) is 5.91 Å². The lowest BCUT2D eigenvalue weighted by Crippen LogP contribution is -2.25. The monoisotopic (exact) mass is 332 g/mol. The average Bonchev–Trinajstić information content (AvgIpc) is 2.54. The second kappa shape index (κ2) is 8.48. The lowest BCUT2D eigenvalue weighted by molar-refractivity contribution is 0.0948. The van der Waals surface area contributed by atoms with E-state index in [1.807, 2.05) is 31.2 Å². The first-order valence-electron chi connectivity index (χ1n) is 7.70. The highest BCUT2D eigenvalue weighted by molar-refractivity contribution is 6.30. The molecule has 6 heteroatoms. The average molecular weight is 333 g/mol. The first-order chi connectivity index (χ1) is 11.1. The second-order valence-electron chi connectivity index (χ2n) is 5.24. The van der Waals surface area contributed by atoms with E-state index < -0.39 is 0 Å². The van der Waals surface area contributed by atoms with Gasteiger partial charge < -0.3 is 10.6 Å². The minimum Gasteiger partial charge on any atom is -0.370 e. The second-order valence-corrected chi connectivity index (χ2v) is 5.68. The number of nitrogens with one attached hydrogen (secondary N) is 2. The number of anilines is 1. The summed E-state index contributed by atoms with van der Waals surface area (Å²) in [4.78, 5) is 20.5. The molecule has 1 aromatic heterocycles. The molecular weight excluding hydrogens is 312 g/mol. The van der Waals surface area contributed by atoms with Crippen LogP contribution in [-0.2, 0) is 6.42 Å². The van der Waals surface area contributed by atoms with E-state index in [0.717, 1.165) is 17.9 Å². The van der Waals surface area contributed by atoms with E-state index in [9.17, 15) is 4.79 Å². The number of carbonyl (C=O) groups excluding carboxylic acids is 1. The Hall–Kier alpha value is -2.14. The van der Waals surface area contributed by atoms with Gasteiger partial charge in [0.15, 0.2) is 0 Å². The smallest absolute Gasteiger partial charge is 0.270 e. The van der Waals surface area contributed by atoms with Crippen LogP contribution in [0.4, 0.5) is 5.82 Å². The van der Waals surface area contributed by atoms with Gasteiger partial charge in [-0.25, -0.2) is 9.97 Å². The number of amides is 1. The van der Waals surface area contributed by atoms with Crippen LogP contribution in [0.5, 0.6) is 0 Å². The molecule has 0 bridgehead atoms. The topological polar surface area (TPSA) is 66.9 Å². The number of nitrogens with zero attached hydrogens (tertiary/aromatic N) is 2. The molecule has 1 heterocycles. The Labute approximate surface area is 141 Å². The lowest BCUT2D eigenvalue weighted by atomic mass is 10.1. The van der Waals surface area contributed by atoms with Crippen LogP contribution >= 0.6 is 11.6 Å². The molecule has 2 N–H and O–H groups in total. The van der Waals surface area contributed by atoms with E-state index in [1.165, 1.54) is 5.56 Å². The zero-order valence-corrected chi connectivity index (χ0v) is 14.2. The highest BCUT2D eigenvalue weighted by Crippen LogP contribution is 2.11. The molecule has 0 aliphatic heterocycles. The van der Waals surface area contributed by atoms with Crippen molar-refractivity contribution in [3.63, 3.8) is 0 Å². The summed E-state index contributed by atoms with van der Waals surface area (Å²) in [6.45, 7) is 5.14. The van der Waals surface area contributed by atoms with Crippen molar-refractivity contribution in [3.8, 4) is 0 Å². The number of benzene rings is 1. The van der Waals surface area contributed by atoms with Crippen LogP contribution in [0.15, 0.2) is 30.3 Å². The van der Waals surface area contributed by atoms with Gasteiger partial charge in [-0.1, -0.05) is 30.7 Å². The standard InChI is InChI=1S/C17H21ClN4O/c1-3-9-20-17(23)15-11-16(22-12(2)21-15)19-10-8-13-4-6-14(18)7-5-13/h4-7,11H,3,8-10H2,1-2H3,(H,20,23)(H,19,21,22). The molecule has 0 atom stereocenters. The summed E-state index contributed by atoms with van der Waals surface area (Å²) in [7, 11) is 0. The Morgan fingerprint density at radius 1 is 1.17 bits per heavy atom. The molecule has 0 radical (unpaired) electrons. The van der Waals surface area contributed by atoms with Crippen molar-refractivity contribution >= 4 is 23.3 Å². The number of halogens is 1. The lowest BCUT2D eigenvalue weighted by Gasteiger charge is -2.09. The van der Waals surface area contributed by atoms with Crippen LogP contribution in [0.25, 0.3) is 0 Å². The largest absolute Gasteiger partial charge is 0.370 e. The van der Waals surface area contributed by atoms with Gasteiger partial charge in [-0.2, -0.15) is 0 Å². The zero-order valence-electron chi connectivity index (χ0n) is 13.4. The summed E-state index contributed by atoms with van der Waals surface area (Å²) in [5.41, 5.74) is 1.58. The maximum atomic E-state index is 12.0. The van der Waals surface area contributed by atoms with Gasteiger partial charge in [0.05, 0.1) is 0 Å². The Morgan fingerprint density at radius 3 is 2.61 bits per heavy atom.